The number of pyridine rings is 1. The highest BCUT2D eigenvalue weighted by Gasteiger charge is 2.11. The predicted molar refractivity (Wildman–Crippen MR) is 65.5 cm³/mol. The van der Waals surface area contributed by atoms with Crippen LogP contribution in [0.5, 0.6) is 0 Å². The van der Waals surface area contributed by atoms with Crippen LogP contribution in [0.3, 0.4) is 0 Å². The average molecular weight is 220 g/mol. The zero-order chi connectivity index (χ0) is 10.8. The molecule has 2 heteroatoms. The summed E-state index contributed by atoms with van der Waals surface area (Å²) in [6.45, 7) is 4.18. The van der Waals surface area contributed by atoms with Gasteiger partial charge < -0.3 is 0 Å². The van der Waals surface area contributed by atoms with Gasteiger partial charge >= 0.3 is 0 Å². The molecule has 2 atom stereocenters. The number of hydrogen-bond acceptors (Lipinski definition) is 1. The summed E-state index contributed by atoms with van der Waals surface area (Å²) in [6.07, 6.45) is 3.70. The molecule has 0 radical (unpaired) electrons. The van der Waals surface area contributed by atoms with Crippen molar-refractivity contribution in [2.24, 2.45) is 0 Å². The minimum atomic E-state index is 0.157. The number of hydrogen-bond donors (Lipinski definition) is 0. The van der Waals surface area contributed by atoms with E-state index in [0.717, 1.165) is 0 Å². The molecule has 0 aliphatic heterocycles. The molecular weight excluding hydrogens is 206 g/mol. The van der Waals surface area contributed by atoms with Crippen LogP contribution in [0.25, 0.3) is 10.8 Å². The Bertz CT molecular complexity index is 465. The maximum atomic E-state index is 6.10. The third-order valence-electron chi connectivity index (χ3n) is 2.88. The minimum absolute atomic E-state index is 0.157. The number of fused-ring (bicyclic) bond motifs is 1. The van der Waals surface area contributed by atoms with Gasteiger partial charge in [-0.3, -0.25) is 4.98 Å². The van der Waals surface area contributed by atoms with Crippen LogP contribution in [0.4, 0.5) is 0 Å². The van der Waals surface area contributed by atoms with Crippen LogP contribution < -0.4 is 0 Å². The summed E-state index contributed by atoms with van der Waals surface area (Å²) in [5.74, 6) is 0.379. The number of rotatable bonds is 2. The maximum absolute atomic E-state index is 6.10. The summed E-state index contributed by atoms with van der Waals surface area (Å²) in [7, 11) is 0. The second-order valence-electron chi connectivity index (χ2n) is 3.95. The Morgan fingerprint density at radius 1 is 1.13 bits per heavy atom. The molecule has 0 amide bonds. The molecule has 2 rings (SSSR count). The molecule has 1 heterocycles. The summed E-state index contributed by atoms with van der Waals surface area (Å²) in [4.78, 5) is 4.10. The lowest BCUT2D eigenvalue weighted by molar-refractivity contribution is 0.743. The Morgan fingerprint density at radius 3 is 2.67 bits per heavy atom. The summed E-state index contributed by atoms with van der Waals surface area (Å²) in [5, 5.41) is 2.56. The van der Waals surface area contributed by atoms with E-state index >= 15 is 0 Å². The first-order valence-corrected chi connectivity index (χ1v) is 5.60. The fourth-order valence-corrected chi connectivity index (χ4v) is 1.80. The predicted octanol–water partition coefficient (Wildman–Crippen LogP) is 3.97. The van der Waals surface area contributed by atoms with Crippen molar-refractivity contribution in [1.29, 1.82) is 0 Å². The summed E-state index contributed by atoms with van der Waals surface area (Å²) >= 11 is 6.10. The van der Waals surface area contributed by atoms with E-state index in [1.807, 2.05) is 25.4 Å². The molecule has 0 aliphatic carbocycles. The molecule has 1 aromatic carbocycles. The van der Waals surface area contributed by atoms with Crippen molar-refractivity contribution in [2.45, 2.75) is 25.1 Å². The van der Waals surface area contributed by atoms with Crippen molar-refractivity contribution in [2.75, 3.05) is 0 Å². The summed E-state index contributed by atoms with van der Waals surface area (Å²) in [6, 6.07) is 8.46. The van der Waals surface area contributed by atoms with Gasteiger partial charge in [-0.15, -0.1) is 11.6 Å². The molecule has 0 saturated heterocycles. The van der Waals surface area contributed by atoms with E-state index in [2.05, 4.69) is 30.1 Å². The fraction of sp³-hybridized carbons (Fsp3) is 0.308. The number of nitrogens with zero attached hydrogens (tertiary/aromatic N) is 1. The highest BCUT2D eigenvalue weighted by molar-refractivity contribution is 6.20. The van der Waals surface area contributed by atoms with Crippen molar-refractivity contribution in [1.82, 2.24) is 4.98 Å². The molecule has 0 N–H and O–H groups in total. The Balaban J connectivity index is 2.47. The van der Waals surface area contributed by atoms with Crippen LogP contribution in [0.1, 0.15) is 25.3 Å². The standard InChI is InChI=1S/C13H14ClN/c1-9(10(2)14)11-3-4-13-8-15-6-5-12(13)7-11/h3-10H,1-2H3. The van der Waals surface area contributed by atoms with Crippen molar-refractivity contribution < 1.29 is 0 Å². The molecule has 0 spiro atoms. The van der Waals surface area contributed by atoms with Gasteiger partial charge in [0, 0.05) is 23.2 Å². The van der Waals surface area contributed by atoms with Crippen molar-refractivity contribution in [3.05, 3.63) is 42.2 Å². The molecular formula is C13H14ClN. The summed E-state index contributed by atoms with van der Waals surface area (Å²) < 4.78 is 0. The van der Waals surface area contributed by atoms with Crippen LogP contribution >= 0.6 is 11.6 Å². The monoisotopic (exact) mass is 219 g/mol. The lowest BCUT2D eigenvalue weighted by Crippen LogP contribution is -2.04. The normalized spacial score (nSPS) is 15.1. The van der Waals surface area contributed by atoms with E-state index in [9.17, 15) is 0 Å². The molecule has 1 nitrogen and oxygen atoms in total. The van der Waals surface area contributed by atoms with Crippen LogP contribution in [0.15, 0.2) is 36.7 Å². The van der Waals surface area contributed by atoms with Gasteiger partial charge in [0.05, 0.1) is 0 Å². The van der Waals surface area contributed by atoms with Gasteiger partial charge in [0.1, 0.15) is 0 Å². The SMILES string of the molecule is CC(Cl)C(C)c1ccc2cnccc2c1. The Hall–Kier alpha value is -1.08. The number of alkyl halides is 1. The van der Waals surface area contributed by atoms with Crippen molar-refractivity contribution >= 4 is 22.4 Å². The molecule has 0 aliphatic rings. The van der Waals surface area contributed by atoms with E-state index in [4.69, 9.17) is 11.6 Å². The molecule has 1 aromatic heterocycles. The molecule has 0 saturated carbocycles. The highest BCUT2D eigenvalue weighted by Crippen LogP contribution is 2.25. The number of benzene rings is 1. The Labute approximate surface area is 95.1 Å². The van der Waals surface area contributed by atoms with Gasteiger partial charge in [-0.05, 0) is 29.9 Å². The van der Waals surface area contributed by atoms with Crippen LogP contribution in [0, 0.1) is 0 Å². The first-order valence-electron chi connectivity index (χ1n) is 5.16. The fourth-order valence-electron chi connectivity index (χ4n) is 1.65. The highest BCUT2D eigenvalue weighted by atomic mass is 35.5. The van der Waals surface area contributed by atoms with Crippen LogP contribution in [-0.4, -0.2) is 10.4 Å². The van der Waals surface area contributed by atoms with Gasteiger partial charge in [-0.25, -0.2) is 0 Å². The second kappa shape index (κ2) is 4.19. The van der Waals surface area contributed by atoms with Crippen LogP contribution in [-0.2, 0) is 0 Å². The van der Waals surface area contributed by atoms with Gasteiger partial charge in [-0.2, -0.15) is 0 Å². The van der Waals surface area contributed by atoms with E-state index in [0.29, 0.717) is 5.92 Å². The number of aromatic nitrogens is 1. The molecule has 2 unspecified atom stereocenters. The third kappa shape index (κ3) is 2.13. The molecule has 15 heavy (non-hydrogen) atoms. The van der Waals surface area contributed by atoms with E-state index in [1.165, 1.54) is 16.3 Å². The van der Waals surface area contributed by atoms with Crippen molar-refractivity contribution in [3.8, 4) is 0 Å². The quantitative estimate of drug-likeness (QED) is 0.697. The van der Waals surface area contributed by atoms with Crippen molar-refractivity contribution in [3.63, 3.8) is 0 Å². The van der Waals surface area contributed by atoms with Gasteiger partial charge in [0.2, 0.25) is 0 Å². The minimum Gasteiger partial charge on any atom is -0.264 e. The van der Waals surface area contributed by atoms with E-state index in [-0.39, 0.29) is 5.38 Å². The first-order chi connectivity index (χ1) is 7.18. The van der Waals surface area contributed by atoms with Gasteiger partial charge in [-0.1, -0.05) is 25.1 Å². The lowest BCUT2D eigenvalue weighted by atomic mass is 9.96. The molecule has 78 valence electrons. The van der Waals surface area contributed by atoms with E-state index in [1.54, 1.807) is 0 Å². The van der Waals surface area contributed by atoms with Gasteiger partial charge in [0.25, 0.3) is 0 Å². The Kier molecular flexibility index (Phi) is 2.92. The largest absolute Gasteiger partial charge is 0.264 e. The van der Waals surface area contributed by atoms with Crippen LogP contribution in [0.2, 0.25) is 0 Å². The topological polar surface area (TPSA) is 12.9 Å². The average Bonchev–Trinajstić information content (AvgIpc) is 2.27. The third-order valence-corrected chi connectivity index (χ3v) is 3.26. The second-order valence-corrected chi connectivity index (χ2v) is 4.64. The first kappa shape index (κ1) is 10.4. The maximum Gasteiger partial charge on any atom is 0.0373 e. The van der Waals surface area contributed by atoms with Gasteiger partial charge in [0.15, 0.2) is 0 Å². The zero-order valence-electron chi connectivity index (χ0n) is 8.94. The molecule has 0 fully saturated rings. The van der Waals surface area contributed by atoms with E-state index < -0.39 is 0 Å². The Morgan fingerprint density at radius 2 is 1.93 bits per heavy atom. The molecule has 0 bridgehead atoms. The summed E-state index contributed by atoms with van der Waals surface area (Å²) in [5.41, 5.74) is 1.29. The number of halogens is 1. The smallest absolute Gasteiger partial charge is 0.0373 e. The lowest BCUT2D eigenvalue weighted by Gasteiger charge is -2.14. The molecule has 2 aromatic rings. The zero-order valence-corrected chi connectivity index (χ0v) is 9.70.